The smallest absolute Gasteiger partial charge is 0.243 e. The zero-order chi connectivity index (χ0) is 14.4. The van der Waals surface area contributed by atoms with Gasteiger partial charge in [-0.15, -0.1) is 0 Å². The minimum Gasteiger partial charge on any atom is -0.350 e. The molecule has 1 atom stereocenters. The highest BCUT2D eigenvalue weighted by atomic mass is 32.2. The van der Waals surface area contributed by atoms with Crippen LogP contribution in [0.25, 0.3) is 0 Å². The summed E-state index contributed by atoms with van der Waals surface area (Å²) < 4.78 is 0. The van der Waals surface area contributed by atoms with Gasteiger partial charge in [-0.05, 0) is 32.4 Å². The molecule has 8 heteroatoms. The summed E-state index contributed by atoms with van der Waals surface area (Å²) >= 11 is 1.97. The number of thioether (sulfide) groups is 1. The summed E-state index contributed by atoms with van der Waals surface area (Å²) in [7, 11) is 0. The Labute approximate surface area is 124 Å². The zero-order valence-electron chi connectivity index (χ0n) is 12.1. The second-order valence-corrected chi connectivity index (χ2v) is 5.81. The molecule has 0 saturated carbocycles. The number of hydrazine groups is 1. The maximum absolute atomic E-state index is 5.45. The van der Waals surface area contributed by atoms with Crippen LogP contribution in [-0.4, -0.2) is 45.6 Å². The predicted molar refractivity (Wildman–Crippen MR) is 85.2 cm³/mol. The predicted octanol–water partition coefficient (Wildman–Crippen LogP) is 1.31. The van der Waals surface area contributed by atoms with Crippen LogP contribution in [0.2, 0.25) is 0 Å². The van der Waals surface area contributed by atoms with E-state index in [1.165, 1.54) is 12.2 Å². The molecule has 2 heterocycles. The summed E-state index contributed by atoms with van der Waals surface area (Å²) in [5.41, 5.74) is 2.51. The summed E-state index contributed by atoms with van der Waals surface area (Å²) in [4.78, 5) is 15.2. The monoisotopic (exact) mass is 297 g/mol. The molecular formula is C12H23N7S. The number of nitrogens with two attached hydrogens (primary N) is 1. The Morgan fingerprint density at radius 2 is 2.00 bits per heavy atom. The van der Waals surface area contributed by atoms with Gasteiger partial charge < -0.3 is 10.2 Å². The van der Waals surface area contributed by atoms with Gasteiger partial charge in [0.05, 0.1) is 0 Å². The normalized spacial score (nSPS) is 18.6. The van der Waals surface area contributed by atoms with E-state index in [-0.39, 0.29) is 0 Å². The van der Waals surface area contributed by atoms with Crippen LogP contribution in [-0.2, 0) is 0 Å². The number of nitrogen functional groups attached to an aromatic ring is 1. The van der Waals surface area contributed by atoms with E-state index in [1.807, 2.05) is 11.8 Å². The number of rotatable bonds is 6. The van der Waals surface area contributed by atoms with Gasteiger partial charge in [-0.1, -0.05) is 0 Å². The molecule has 1 saturated heterocycles. The topological polar surface area (TPSA) is 92.0 Å². The molecule has 1 aliphatic rings. The van der Waals surface area contributed by atoms with E-state index in [4.69, 9.17) is 5.84 Å². The zero-order valence-corrected chi connectivity index (χ0v) is 12.9. The van der Waals surface area contributed by atoms with Crippen molar-refractivity contribution >= 4 is 29.6 Å². The molecule has 7 nitrogen and oxygen atoms in total. The van der Waals surface area contributed by atoms with Crippen molar-refractivity contribution in [1.82, 2.24) is 15.0 Å². The fourth-order valence-corrected chi connectivity index (χ4v) is 3.25. The van der Waals surface area contributed by atoms with E-state index in [9.17, 15) is 0 Å². The first kappa shape index (κ1) is 15.1. The van der Waals surface area contributed by atoms with Gasteiger partial charge in [-0.25, -0.2) is 5.84 Å². The van der Waals surface area contributed by atoms with Crippen LogP contribution in [0.15, 0.2) is 0 Å². The van der Waals surface area contributed by atoms with E-state index in [0.29, 0.717) is 23.9 Å². The van der Waals surface area contributed by atoms with Crippen molar-refractivity contribution in [3.63, 3.8) is 0 Å². The number of nitrogens with zero attached hydrogens (tertiary/aromatic N) is 4. The summed E-state index contributed by atoms with van der Waals surface area (Å²) in [5.74, 6) is 9.44. The highest BCUT2D eigenvalue weighted by Gasteiger charge is 2.16. The van der Waals surface area contributed by atoms with Crippen LogP contribution in [0.3, 0.4) is 0 Å². The summed E-state index contributed by atoms with van der Waals surface area (Å²) in [6, 6.07) is 0.423. The van der Waals surface area contributed by atoms with E-state index < -0.39 is 0 Å². The molecule has 1 unspecified atom stereocenters. The summed E-state index contributed by atoms with van der Waals surface area (Å²) in [5, 5.41) is 3.39. The van der Waals surface area contributed by atoms with Gasteiger partial charge in [-0.2, -0.15) is 26.7 Å². The number of nitrogens with one attached hydrogen (secondary N) is 2. The second kappa shape index (κ2) is 7.49. The summed E-state index contributed by atoms with van der Waals surface area (Å²) in [6.07, 6.45) is 2.39. The molecule has 0 aromatic carbocycles. The number of hydrogen-bond acceptors (Lipinski definition) is 8. The lowest BCUT2D eigenvalue weighted by atomic mass is 10.2. The maximum atomic E-state index is 5.45. The molecule has 0 spiro atoms. The van der Waals surface area contributed by atoms with Gasteiger partial charge >= 0.3 is 0 Å². The van der Waals surface area contributed by atoms with E-state index in [2.05, 4.69) is 44.4 Å². The molecule has 2 rings (SSSR count). The molecule has 4 N–H and O–H groups in total. The molecule has 1 fully saturated rings. The highest BCUT2D eigenvalue weighted by Crippen LogP contribution is 2.20. The summed E-state index contributed by atoms with van der Waals surface area (Å²) in [6.45, 7) is 5.86. The van der Waals surface area contributed by atoms with Gasteiger partial charge in [0.25, 0.3) is 0 Å². The molecule has 0 amide bonds. The minimum absolute atomic E-state index is 0.396. The molecule has 0 aliphatic carbocycles. The third-order valence-electron chi connectivity index (χ3n) is 3.29. The van der Waals surface area contributed by atoms with Crippen LogP contribution in [0, 0.1) is 0 Å². The van der Waals surface area contributed by atoms with Crippen molar-refractivity contribution in [3.05, 3.63) is 0 Å². The average Bonchev–Trinajstić information content (AvgIpc) is 2.49. The van der Waals surface area contributed by atoms with Gasteiger partial charge in [0.1, 0.15) is 0 Å². The van der Waals surface area contributed by atoms with Crippen LogP contribution < -0.4 is 21.5 Å². The first-order valence-electron chi connectivity index (χ1n) is 7.08. The van der Waals surface area contributed by atoms with Crippen molar-refractivity contribution in [3.8, 4) is 0 Å². The Morgan fingerprint density at radius 3 is 2.60 bits per heavy atom. The standard InChI is InChI=1S/C12H23N7S/c1-3-19(4-2)12-16-10(15-11(17-12)18-13)14-9-6-5-7-20-8-9/h9H,3-8,13H2,1-2H3,(H2,14,15,16,17,18). The fourth-order valence-electron chi connectivity index (χ4n) is 2.18. The van der Waals surface area contributed by atoms with Crippen molar-refractivity contribution in [2.45, 2.75) is 32.7 Å². The van der Waals surface area contributed by atoms with Crippen molar-refractivity contribution < 1.29 is 0 Å². The Bertz CT molecular complexity index is 418. The highest BCUT2D eigenvalue weighted by molar-refractivity contribution is 7.99. The molecule has 0 bridgehead atoms. The first-order chi connectivity index (χ1) is 9.76. The third kappa shape index (κ3) is 3.86. The number of anilines is 3. The average molecular weight is 297 g/mol. The van der Waals surface area contributed by atoms with Crippen LogP contribution in [0.4, 0.5) is 17.8 Å². The van der Waals surface area contributed by atoms with Gasteiger partial charge in [-0.3, -0.25) is 5.43 Å². The van der Waals surface area contributed by atoms with Crippen molar-refractivity contribution in [2.24, 2.45) is 5.84 Å². The van der Waals surface area contributed by atoms with Gasteiger partial charge in [0.15, 0.2) is 0 Å². The number of aromatic nitrogens is 3. The van der Waals surface area contributed by atoms with Crippen LogP contribution in [0.1, 0.15) is 26.7 Å². The maximum Gasteiger partial charge on any atom is 0.243 e. The van der Waals surface area contributed by atoms with Gasteiger partial charge in [0, 0.05) is 24.9 Å². The quantitative estimate of drug-likeness (QED) is 0.535. The number of hydrogen-bond donors (Lipinski definition) is 3. The molecule has 1 aliphatic heterocycles. The lowest BCUT2D eigenvalue weighted by Crippen LogP contribution is -2.29. The molecule has 0 radical (unpaired) electrons. The molecule has 1 aromatic heterocycles. The Kier molecular flexibility index (Phi) is 5.66. The lowest BCUT2D eigenvalue weighted by molar-refractivity contribution is 0.677. The van der Waals surface area contributed by atoms with Crippen molar-refractivity contribution in [2.75, 3.05) is 40.2 Å². The van der Waals surface area contributed by atoms with Crippen LogP contribution in [0.5, 0.6) is 0 Å². The van der Waals surface area contributed by atoms with E-state index in [1.54, 1.807) is 0 Å². The Hall–Kier alpha value is -1.28. The lowest BCUT2D eigenvalue weighted by Gasteiger charge is -2.24. The molecule has 112 valence electrons. The van der Waals surface area contributed by atoms with Crippen LogP contribution >= 0.6 is 11.8 Å². The fraction of sp³-hybridized carbons (Fsp3) is 0.750. The largest absolute Gasteiger partial charge is 0.350 e. The van der Waals surface area contributed by atoms with E-state index >= 15 is 0 Å². The Balaban J connectivity index is 2.16. The second-order valence-electron chi connectivity index (χ2n) is 4.66. The SMILES string of the molecule is CCN(CC)c1nc(NN)nc(NC2CCCSC2)n1. The van der Waals surface area contributed by atoms with Crippen molar-refractivity contribution in [1.29, 1.82) is 0 Å². The molecule has 1 aromatic rings. The first-order valence-corrected chi connectivity index (χ1v) is 8.24. The third-order valence-corrected chi connectivity index (χ3v) is 4.51. The van der Waals surface area contributed by atoms with E-state index in [0.717, 1.165) is 25.3 Å². The molecular weight excluding hydrogens is 274 g/mol. The van der Waals surface area contributed by atoms with Gasteiger partial charge in [0.2, 0.25) is 17.8 Å². The molecule has 20 heavy (non-hydrogen) atoms. The minimum atomic E-state index is 0.396. The Morgan fingerprint density at radius 1 is 1.25 bits per heavy atom.